The Morgan fingerprint density at radius 3 is 2.65 bits per heavy atom. The summed E-state index contributed by atoms with van der Waals surface area (Å²) < 4.78 is 6.30. The molecule has 37 heavy (non-hydrogen) atoms. The van der Waals surface area contributed by atoms with Gasteiger partial charge >= 0.3 is 0 Å². The van der Waals surface area contributed by atoms with Crippen LogP contribution in [0.5, 0.6) is 5.75 Å². The average molecular weight is 498 g/mol. The molecular formula is C28H27N5O4. The first-order valence-electron chi connectivity index (χ1n) is 12.9. The minimum absolute atomic E-state index is 0.0547. The van der Waals surface area contributed by atoms with E-state index in [1.54, 1.807) is 17.3 Å². The Bertz CT molecular complexity index is 1460. The number of piperidine rings is 2. The largest absolute Gasteiger partial charge is 0.492 e. The second-order valence-electron chi connectivity index (χ2n) is 10.6. The molecule has 2 fully saturated rings. The van der Waals surface area contributed by atoms with E-state index in [2.05, 4.69) is 38.4 Å². The quantitative estimate of drug-likeness (QED) is 0.554. The SMILES string of the molecule is O=C1CCC(N2Cc3c(ccc4c3OCC43CCN(Cc4ccc5nccnc5c4)CC3)C2=O)C(=O)N1. The number of likely N-dealkylation sites (tertiary alicyclic amines) is 1. The average Bonchev–Trinajstić information content (AvgIpc) is 3.43. The lowest BCUT2D eigenvalue weighted by Gasteiger charge is -2.38. The summed E-state index contributed by atoms with van der Waals surface area (Å²) in [5.74, 6) is -0.0107. The van der Waals surface area contributed by atoms with E-state index in [0.29, 0.717) is 25.1 Å². The second kappa shape index (κ2) is 8.34. The third kappa shape index (κ3) is 3.60. The zero-order valence-corrected chi connectivity index (χ0v) is 20.4. The molecule has 9 nitrogen and oxygen atoms in total. The van der Waals surface area contributed by atoms with Crippen molar-refractivity contribution in [2.24, 2.45) is 0 Å². The summed E-state index contributed by atoms with van der Waals surface area (Å²) in [6.07, 6.45) is 6.01. The molecule has 0 aliphatic carbocycles. The molecular weight excluding hydrogens is 470 g/mol. The lowest BCUT2D eigenvalue weighted by atomic mass is 9.74. The third-order valence-electron chi connectivity index (χ3n) is 8.48. The van der Waals surface area contributed by atoms with E-state index in [9.17, 15) is 14.4 Å². The smallest absolute Gasteiger partial charge is 0.255 e. The van der Waals surface area contributed by atoms with Crippen LogP contribution in [0.3, 0.4) is 0 Å². The molecule has 1 N–H and O–H groups in total. The van der Waals surface area contributed by atoms with Crippen molar-refractivity contribution in [1.29, 1.82) is 0 Å². The Balaban J connectivity index is 1.08. The molecule has 0 saturated carbocycles. The Hall–Kier alpha value is -3.85. The van der Waals surface area contributed by atoms with E-state index in [1.807, 2.05) is 12.1 Å². The van der Waals surface area contributed by atoms with Crippen LogP contribution in [0.4, 0.5) is 0 Å². The molecule has 3 aromatic rings. The van der Waals surface area contributed by atoms with Crippen molar-refractivity contribution in [3.8, 4) is 5.75 Å². The van der Waals surface area contributed by atoms with Gasteiger partial charge in [-0.2, -0.15) is 0 Å². The maximum absolute atomic E-state index is 13.2. The van der Waals surface area contributed by atoms with Crippen LogP contribution in [-0.4, -0.2) is 63.2 Å². The number of rotatable bonds is 3. The lowest BCUT2D eigenvalue weighted by Crippen LogP contribution is -2.52. The van der Waals surface area contributed by atoms with E-state index < -0.39 is 11.9 Å². The molecule has 2 saturated heterocycles. The molecule has 188 valence electrons. The van der Waals surface area contributed by atoms with Crippen LogP contribution in [0.15, 0.2) is 42.7 Å². The van der Waals surface area contributed by atoms with Crippen LogP contribution in [0, 0.1) is 0 Å². The summed E-state index contributed by atoms with van der Waals surface area (Å²) >= 11 is 0. The van der Waals surface area contributed by atoms with Crippen LogP contribution in [0.2, 0.25) is 0 Å². The molecule has 2 aromatic carbocycles. The van der Waals surface area contributed by atoms with Gasteiger partial charge < -0.3 is 9.64 Å². The van der Waals surface area contributed by atoms with Crippen LogP contribution < -0.4 is 10.1 Å². The molecule has 4 aliphatic rings. The third-order valence-corrected chi connectivity index (χ3v) is 8.48. The zero-order chi connectivity index (χ0) is 25.1. The lowest BCUT2D eigenvalue weighted by molar-refractivity contribution is -0.136. The fourth-order valence-corrected chi connectivity index (χ4v) is 6.40. The van der Waals surface area contributed by atoms with Crippen molar-refractivity contribution >= 4 is 28.8 Å². The Morgan fingerprint density at radius 2 is 1.84 bits per heavy atom. The van der Waals surface area contributed by atoms with Crippen LogP contribution in [0.1, 0.15) is 52.7 Å². The standard InChI is InChI=1S/C28H27N5O4/c34-24-6-5-23(26(35)31-24)33-15-19-18(27(33)36)2-3-20-25(19)37-16-28(20)7-11-32(12-8-28)14-17-1-4-21-22(13-17)30-10-9-29-21/h1-4,9-10,13,23H,5-8,11-12,14-16H2,(H,31,34,35). The van der Waals surface area contributed by atoms with Gasteiger partial charge in [0.1, 0.15) is 11.8 Å². The highest BCUT2D eigenvalue weighted by molar-refractivity contribution is 6.05. The summed E-state index contributed by atoms with van der Waals surface area (Å²) in [5, 5.41) is 2.37. The number of fused-ring (bicyclic) bond motifs is 5. The highest BCUT2D eigenvalue weighted by atomic mass is 16.5. The normalized spacial score (nSPS) is 22.8. The number of hydrogen-bond acceptors (Lipinski definition) is 7. The topological polar surface area (TPSA) is 105 Å². The number of imide groups is 1. The predicted molar refractivity (Wildman–Crippen MR) is 134 cm³/mol. The highest BCUT2D eigenvalue weighted by Crippen LogP contribution is 2.49. The van der Waals surface area contributed by atoms with Gasteiger partial charge in [0.2, 0.25) is 11.8 Å². The van der Waals surface area contributed by atoms with Gasteiger partial charge in [0.25, 0.3) is 5.91 Å². The number of aromatic nitrogens is 2. The summed E-state index contributed by atoms with van der Waals surface area (Å²) in [7, 11) is 0. The molecule has 1 unspecified atom stereocenters. The van der Waals surface area contributed by atoms with E-state index in [1.165, 1.54) is 11.1 Å². The van der Waals surface area contributed by atoms with Crippen molar-refractivity contribution < 1.29 is 19.1 Å². The number of benzene rings is 2. The van der Waals surface area contributed by atoms with Crippen molar-refractivity contribution in [2.75, 3.05) is 19.7 Å². The number of amides is 3. The fourth-order valence-electron chi connectivity index (χ4n) is 6.40. The molecule has 4 aliphatic heterocycles. The molecule has 1 atom stereocenters. The van der Waals surface area contributed by atoms with E-state index in [0.717, 1.165) is 54.8 Å². The van der Waals surface area contributed by atoms with Gasteiger partial charge in [-0.1, -0.05) is 12.1 Å². The number of carbonyl (C=O) groups excluding carboxylic acids is 3. The molecule has 5 heterocycles. The number of nitrogens with one attached hydrogen (secondary N) is 1. The molecule has 7 rings (SSSR count). The monoisotopic (exact) mass is 497 g/mol. The Labute approximate surface area is 213 Å². The molecule has 1 spiro atoms. The summed E-state index contributed by atoms with van der Waals surface area (Å²) in [5.41, 5.74) is 5.68. The van der Waals surface area contributed by atoms with Crippen molar-refractivity contribution in [3.05, 3.63) is 65.0 Å². The van der Waals surface area contributed by atoms with Crippen LogP contribution in [0.25, 0.3) is 11.0 Å². The summed E-state index contributed by atoms with van der Waals surface area (Å²) in [4.78, 5) is 50.0. The van der Waals surface area contributed by atoms with Gasteiger partial charge in [0.05, 0.1) is 24.2 Å². The summed E-state index contributed by atoms with van der Waals surface area (Å²) in [6, 6.07) is 9.63. The molecule has 9 heteroatoms. The molecule has 3 amide bonds. The van der Waals surface area contributed by atoms with Crippen LogP contribution >= 0.6 is 0 Å². The van der Waals surface area contributed by atoms with Gasteiger partial charge in [0, 0.05) is 47.5 Å². The van der Waals surface area contributed by atoms with E-state index in [-0.39, 0.29) is 23.7 Å². The zero-order valence-electron chi connectivity index (χ0n) is 20.4. The molecule has 1 aromatic heterocycles. The first-order chi connectivity index (χ1) is 18.0. The number of nitrogens with zero attached hydrogens (tertiary/aromatic N) is 4. The minimum Gasteiger partial charge on any atom is -0.492 e. The van der Waals surface area contributed by atoms with E-state index >= 15 is 0 Å². The minimum atomic E-state index is -0.618. The van der Waals surface area contributed by atoms with Gasteiger partial charge in [-0.3, -0.25) is 34.6 Å². The number of ether oxygens (including phenoxy) is 1. The van der Waals surface area contributed by atoms with Gasteiger partial charge in [-0.15, -0.1) is 0 Å². The van der Waals surface area contributed by atoms with Crippen molar-refractivity contribution in [3.63, 3.8) is 0 Å². The maximum Gasteiger partial charge on any atom is 0.255 e. The van der Waals surface area contributed by atoms with Gasteiger partial charge in [-0.05, 0) is 56.1 Å². The first kappa shape index (κ1) is 22.4. The molecule has 0 radical (unpaired) electrons. The van der Waals surface area contributed by atoms with Gasteiger partial charge in [-0.25, -0.2) is 0 Å². The number of carbonyl (C=O) groups is 3. The van der Waals surface area contributed by atoms with Crippen LogP contribution in [-0.2, 0) is 28.1 Å². The van der Waals surface area contributed by atoms with Crippen molar-refractivity contribution in [1.82, 2.24) is 25.1 Å². The van der Waals surface area contributed by atoms with Gasteiger partial charge in [0.15, 0.2) is 0 Å². The summed E-state index contributed by atoms with van der Waals surface area (Å²) in [6.45, 7) is 3.75. The molecule has 0 bridgehead atoms. The maximum atomic E-state index is 13.2. The van der Waals surface area contributed by atoms with E-state index in [4.69, 9.17) is 4.74 Å². The predicted octanol–water partition coefficient (Wildman–Crippen LogP) is 2.32. The second-order valence-corrected chi connectivity index (χ2v) is 10.6. The Kier molecular flexibility index (Phi) is 5.04. The van der Waals surface area contributed by atoms with Crippen molar-refractivity contribution in [2.45, 2.75) is 50.2 Å². The number of hydrogen-bond donors (Lipinski definition) is 1. The first-order valence-corrected chi connectivity index (χ1v) is 12.9. The highest BCUT2D eigenvalue weighted by Gasteiger charge is 2.47. The fraction of sp³-hybridized carbons (Fsp3) is 0.393. The Morgan fingerprint density at radius 1 is 1.03 bits per heavy atom.